The lowest BCUT2D eigenvalue weighted by atomic mass is 10.0. The molecule has 0 bridgehead atoms. The summed E-state index contributed by atoms with van der Waals surface area (Å²) in [5.41, 5.74) is 7.21. The molecule has 0 radical (unpaired) electrons. The fourth-order valence-corrected chi connectivity index (χ4v) is 2.10. The lowest BCUT2D eigenvalue weighted by Gasteiger charge is -2.05. The van der Waals surface area contributed by atoms with Gasteiger partial charge in [-0.25, -0.2) is 5.90 Å². The third kappa shape index (κ3) is 17.5. The van der Waals surface area contributed by atoms with Crippen LogP contribution in [0.4, 0.5) is 0 Å². The normalized spacial score (nSPS) is 8.67. The van der Waals surface area contributed by atoms with Gasteiger partial charge in [-0.3, -0.25) is 0 Å². The van der Waals surface area contributed by atoms with Gasteiger partial charge in [-0.2, -0.15) is 0 Å². The molecule has 4 N–H and O–H groups in total. The first kappa shape index (κ1) is 28.0. The Balaban J connectivity index is -0.000000471. The first-order valence-electron chi connectivity index (χ1n) is 8.91. The van der Waals surface area contributed by atoms with Crippen molar-refractivity contribution in [1.82, 2.24) is 0 Å². The smallest absolute Gasteiger partial charge is 0.0651 e. The van der Waals surface area contributed by atoms with E-state index in [1.54, 1.807) is 11.8 Å². The summed E-state index contributed by atoms with van der Waals surface area (Å²) in [6.45, 7) is 12.7. The lowest BCUT2D eigenvalue weighted by molar-refractivity contribution is 0.152. The number of benzene rings is 1. The predicted octanol–water partition coefficient (Wildman–Crippen LogP) is 5.64. The highest BCUT2D eigenvalue weighted by Gasteiger charge is 1.98. The predicted molar refractivity (Wildman–Crippen MR) is 114 cm³/mol. The summed E-state index contributed by atoms with van der Waals surface area (Å²) in [6.07, 6.45) is 8.63. The Bertz CT molecular complexity index is 351. The van der Waals surface area contributed by atoms with Crippen LogP contribution in [0.15, 0.2) is 30.8 Å². The zero-order valence-electron chi connectivity index (χ0n) is 16.7. The Kier molecular flexibility index (Phi) is 28.5. The molecule has 0 atom stereocenters. The third-order valence-electron chi connectivity index (χ3n) is 3.01. The molecule has 0 aliphatic heterocycles. The molecule has 142 valence electrons. The maximum absolute atomic E-state index is 4.53. The molecule has 0 saturated carbocycles. The lowest BCUT2D eigenvalue weighted by Crippen LogP contribution is -1.94. The zero-order chi connectivity index (χ0) is 19.2. The average Bonchev–Trinajstić information content (AvgIpc) is 2.68. The maximum Gasteiger partial charge on any atom is 0.0651 e. The number of unbranched alkanes of at least 4 members (excludes halogenated alkanes) is 3. The molecular formula is C20H40N2OS. The summed E-state index contributed by atoms with van der Waals surface area (Å²) in [7, 11) is 1.50. The molecule has 0 fully saturated rings. The molecule has 4 heteroatoms. The van der Waals surface area contributed by atoms with Gasteiger partial charge in [0.15, 0.2) is 0 Å². The van der Waals surface area contributed by atoms with E-state index in [4.69, 9.17) is 0 Å². The van der Waals surface area contributed by atoms with Crippen molar-refractivity contribution >= 4 is 16.7 Å². The SMILES string of the molecule is C=C(SC)c1ccc(CCCCCC)cc1.CC.CCON.CN. The largest absolute Gasteiger partial charge is 0.333 e. The standard InChI is InChI=1S/C15H22S.C2H7NO.C2H6.CH5N/c1-4-5-6-7-8-14-9-11-15(12-10-14)13(2)16-3;1-2-4-3;2*1-2/h9-12H,2,4-8H2,1,3H3;2-3H2,1H3;1-2H3;2H2,1H3. The average molecular weight is 357 g/mol. The van der Waals surface area contributed by atoms with E-state index in [1.165, 1.54) is 50.3 Å². The van der Waals surface area contributed by atoms with Crippen LogP contribution in [-0.4, -0.2) is 19.9 Å². The summed E-state index contributed by atoms with van der Waals surface area (Å²) in [5, 5.41) is 0. The van der Waals surface area contributed by atoms with Crippen molar-refractivity contribution in [2.45, 2.75) is 59.8 Å². The van der Waals surface area contributed by atoms with Gasteiger partial charge < -0.3 is 10.6 Å². The van der Waals surface area contributed by atoms with Crippen molar-refractivity contribution in [1.29, 1.82) is 0 Å². The third-order valence-corrected chi connectivity index (χ3v) is 3.74. The molecule has 24 heavy (non-hydrogen) atoms. The van der Waals surface area contributed by atoms with E-state index in [9.17, 15) is 0 Å². The minimum Gasteiger partial charge on any atom is -0.333 e. The molecular weight excluding hydrogens is 316 g/mol. The first-order valence-corrected chi connectivity index (χ1v) is 10.1. The van der Waals surface area contributed by atoms with Crippen LogP contribution in [0.5, 0.6) is 0 Å². The van der Waals surface area contributed by atoms with Crippen molar-refractivity contribution in [2.75, 3.05) is 19.9 Å². The number of rotatable bonds is 8. The Labute approximate surface area is 155 Å². The van der Waals surface area contributed by atoms with Crippen molar-refractivity contribution in [2.24, 2.45) is 11.6 Å². The summed E-state index contributed by atoms with van der Waals surface area (Å²) in [4.78, 5) is 5.19. The van der Waals surface area contributed by atoms with Gasteiger partial charge in [0.2, 0.25) is 0 Å². The second kappa shape index (κ2) is 24.4. The fourth-order valence-electron chi connectivity index (χ4n) is 1.73. The van der Waals surface area contributed by atoms with Gasteiger partial charge in [0, 0.05) is 4.91 Å². The van der Waals surface area contributed by atoms with Crippen LogP contribution in [0.1, 0.15) is 64.5 Å². The maximum atomic E-state index is 4.53. The first-order chi connectivity index (χ1) is 11.7. The fraction of sp³-hybridized carbons (Fsp3) is 0.600. The number of nitrogens with two attached hydrogens (primary N) is 2. The van der Waals surface area contributed by atoms with Gasteiger partial charge in [0.1, 0.15) is 0 Å². The molecule has 0 aromatic heterocycles. The molecule has 0 heterocycles. The van der Waals surface area contributed by atoms with E-state index in [1.807, 2.05) is 20.8 Å². The van der Waals surface area contributed by atoms with Crippen molar-refractivity contribution in [3.05, 3.63) is 42.0 Å². The highest BCUT2D eigenvalue weighted by atomic mass is 32.2. The summed E-state index contributed by atoms with van der Waals surface area (Å²) in [6, 6.07) is 8.85. The molecule has 0 spiro atoms. The molecule has 3 nitrogen and oxygen atoms in total. The monoisotopic (exact) mass is 356 g/mol. The zero-order valence-corrected chi connectivity index (χ0v) is 17.5. The Morgan fingerprint density at radius 2 is 1.54 bits per heavy atom. The van der Waals surface area contributed by atoms with Crippen molar-refractivity contribution in [3.8, 4) is 0 Å². The second-order valence-corrected chi connectivity index (χ2v) is 5.49. The van der Waals surface area contributed by atoms with E-state index in [0.717, 1.165) is 4.91 Å². The molecule has 0 aliphatic carbocycles. The van der Waals surface area contributed by atoms with E-state index in [2.05, 4.69) is 60.5 Å². The Morgan fingerprint density at radius 1 is 1.04 bits per heavy atom. The van der Waals surface area contributed by atoms with Gasteiger partial charge in [0.05, 0.1) is 6.61 Å². The number of hydrogen-bond acceptors (Lipinski definition) is 4. The highest BCUT2D eigenvalue weighted by Crippen LogP contribution is 2.23. The van der Waals surface area contributed by atoms with Crippen molar-refractivity contribution < 1.29 is 4.84 Å². The van der Waals surface area contributed by atoms with Crippen LogP contribution in [0.3, 0.4) is 0 Å². The summed E-state index contributed by atoms with van der Waals surface area (Å²) < 4.78 is 0. The van der Waals surface area contributed by atoms with Crippen LogP contribution in [-0.2, 0) is 11.3 Å². The van der Waals surface area contributed by atoms with E-state index in [-0.39, 0.29) is 0 Å². The minimum absolute atomic E-state index is 0.597. The molecule has 1 aromatic rings. The summed E-state index contributed by atoms with van der Waals surface area (Å²) in [5.74, 6) is 4.53. The van der Waals surface area contributed by atoms with Gasteiger partial charge in [0.25, 0.3) is 0 Å². The van der Waals surface area contributed by atoms with E-state index < -0.39 is 0 Å². The van der Waals surface area contributed by atoms with Gasteiger partial charge in [-0.15, -0.1) is 11.8 Å². The number of aryl methyl sites for hydroxylation is 1. The van der Waals surface area contributed by atoms with Gasteiger partial charge >= 0.3 is 0 Å². The van der Waals surface area contributed by atoms with Crippen LogP contribution in [0.25, 0.3) is 4.91 Å². The quantitative estimate of drug-likeness (QED) is 0.467. The van der Waals surface area contributed by atoms with Gasteiger partial charge in [-0.05, 0) is 44.2 Å². The van der Waals surface area contributed by atoms with Crippen molar-refractivity contribution in [3.63, 3.8) is 0 Å². The van der Waals surface area contributed by atoms with E-state index in [0.29, 0.717) is 6.61 Å². The summed E-state index contributed by atoms with van der Waals surface area (Å²) >= 11 is 1.71. The molecule has 1 aromatic carbocycles. The molecule has 0 saturated heterocycles. The Hall–Kier alpha value is -0.810. The van der Waals surface area contributed by atoms with Crippen LogP contribution in [0.2, 0.25) is 0 Å². The molecule has 1 rings (SSSR count). The van der Waals surface area contributed by atoms with E-state index >= 15 is 0 Å². The Morgan fingerprint density at radius 3 is 1.92 bits per heavy atom. The number of hydrogen-bond donors (Lipinski definition) is 2. The van der Waals surface area contributed by atoms with Gasteiger partial charge in [-0.1, -0.05) is 70.9 Å². The van der Waals surface area contributed by atoms with Crippen LogP contribution in [0, 0.1) is 0 Å². The topological polar surface area (TPSA) is 61.3 Å². The second-order valence-electron chi connectivity index (χ2n) is 4.59. The minimum atomic E-state index is 0.597. The number of thioether (sulfide) groups is 1. The molecule has 0 aliphatic rings. The van der Waals surface area contributed by atoms with Crippen LogP contribution < -0.4 is 11.6 Å². The highest BCUT2D eigenvalue weighted by molar-refractivity contribution is 8.07. The van der Waals surface area contributed by atoms with Crippen LogP contribution >= 0.6 is 11.8 Å². The molecule has 0 amide bonds. The molecule has 0 unspecified atom stereocenters.